The van der Waals surface area contributed by atoms with Crippen molar-refractivity contribution in [1.82, 2.24) is 10.0 Å². The molecule has 0 unspecified atom stereocenters. The first-order valence-electron chi connectivity index (χ1n) is 7.46. The van der Waals surface area contributed by atoms with Gasteiger partial charge in [-0.25, -0.2) is 13.2 Å². The first-order chi connectivity index (χ1) is 10.9. The van der Waals surface area contributed by atoms with Gasteiger partial charge in [-0.05, 0) is 46.1 Å². The number of carbonyl (C=O) groups excluding carboxylic acids is 2. The van der Waals surface area contributed by atoms with E-state index in [0.29, 0.717) is 12.8 Å². The Bertz CT molecular complexity index is 678. The molecule has 2 N–H and O–H groups in total. The van der Waals surface area contributed by atoms with Gasteiger partial charge in [-0.15, -0.1) is 0 Å². The minimum atomic E-state index is -3.73. The van der Waals surface area contributed by atoms with Gasteiger partial charge in [0.25, 0.3) is 5.91 Å². The van der Waals surface area contributed by atoms with E-state index in [1.54, 1.807) is 20.8 Å². The maximum absolute atomic E-state index is 12.5. The summed E-state index contributed by atoms with van der Waals surface area (Å²) in [6, 6.07) is 0. The molecular weight excluding hydrogens is 379 g/mol. The number of carbonyl (C=O) groups is 2. The summed E-state index contributed by atoms with van der Waals surface area (Å²) >= 11 is 11.2. The fraction of sp³-hybridized carbons (Fsp3) is 0.714. The summed E-state index contributed by atoms with van der Waals surface area (Å²) in [7, 11) is -3.73. The number of amides is 2. The van der Waals surface area contributed by atoms with Crippen LogP contribution >= 0.6 is 23.2 Å². The van der Waals surface area contributed by atoms with Gasteiger partial charge >= 0.3 is 6.09 Å². The molecule has 0 radical (unpaired) electrons. The first-order valence-corrected chi connectivity index (χ1v) is 9.76. The van der Waals surface area contributed by atoms with E-state index >= 15 is 0 Å². The lowest BCUT2D eigenvalue weighted by atomic mass is 10.2. The van der Waals surface area contributed by atoms with Crippen molar-refractivity contribution in [2.24, 2.45) is 5.92 Å². The molecule has 2 aliphatic rings. The quantitative estimate of drug-likeness (QED) is 0.738. The van der Waals surface area contributed by atoms with Crippen molar-refractivity contribution in [2.45, 2.75) is 56.4 Å². The number of halogens is 2. The summed E-state index contributed by atoms with van der Waals surface area (Å²) in [5.74, 6) is -1.32. The Hall–Kier alpha value is -0.990. The van der Waals surface area contributed by atoms with Crippen molar-refractivity contribution in [3.8, 4) is 0 Å². The molecule has 0 saturated heterocycles. The Morgan fingerprint density at radius 2 is 1.83 bits per heavy atom. The van der Waals surface area contributed by atoms with Gasteiger partial charge in [0.2, 0.25) is 10.0 Å². The van der Waals surface area contributed by atoms with Crippen LogP contribution in [0.3, 0.4) is 0 Å². The highest BCUT2D eigenvalue weighted by Gasteiger charge is 2.62. The van der Waals surface area contributed by atoms with E-state index in [1.807, 2.05) is 4.72 Å². The predicted octanol–water partition coefficient (Wildman–Crippen LogP) is 2.20. The lowest BCUT2D eigenvalue weighted by molar-refractivity contribution is -0.122. The summed E-state index contributed by atoms with van der Waals surface area (Å²) < 4.78 is 31.1. The third-order valence-corrected chi connectivity index (χ3v) is 5.74. The topological polar surface area (TPSA) is 102 Å². The molecular formula is C14H20Cl2N2O5S. The summed E-state index contributed by atoms with van der Waals surface area (Å²) in [5.41, 5.74) is -2.19. The second-order valence-electron chi connectivity index (χ2n) is 7.04. The third kappa shape index (κ3) is 4.77. The largest absolute Gasteiger partial charge is 0.444 e. The fourth-order valence-corrected chi connectivity index (χ4v) is 3.94. The Morgan fingerprint density at radius 3 is 2.29 bits per heavy atom. The zero-order valence-corrected chi connectivity index (χ0v) is 15.9. The SMILES string of the molecule is CC(C)(C)OC(=O)N[C@]1(C(=O)NS(=O)(=O)C2CC2)C[C@H]1C=C(Cl)Cl. The Morgan fingerprint density at radius 1 is 1.25 bits per heavy atom. The van der Waals surface area contributed by atoms with Crippen LogP contribution in [-0.4, -0.2) is 36.8 Å². The van der Waals surface area contributed by atoms with E-state index in [1.165, 1.54) is 6.08 Å². The van der Waals surface area contributed by atoms with Gasteiger partial charge in [0.1, 0.15) is 15.6 Å². The van der Waals surface area contributed by atoms with Crippen LogP contribution in [0.15, 0.2) is 10.6 Å². The molecule has 2 fully saturated rings. The summed E-state index contributed by atoms with van der Waals surface area (Å²) in [6.45, 7) is 5.03. The van der Waals surface area contributed by atoms with Gasteiger partial charge in [-0.1, -0.05) is 23.2 Å². The molecule has 0 heterocycles. The second kappa shape index (κ2) is 6.38. The van der Waals surface area contributed by atoms with Crippen LogP contribution in [0.4, 0.5) is 4.79 Å². The molecule has 0 aromatic carbocycles. The lowest BCUT2D eigenvalue weighted by Crippen LogP contribution is -2.53. The van der Waals surface area contributed by atoms with Crippen LogP contribution in [0.25, 0.3) is 0 Å². The molecule has 0 aromatic heterocycles. The van der Waals surface area contributed by atoms with Crippen molar-refractivity contribution in [3.63, 3.8) is 0 Å². The Balaban J connectivity index is 2.14. The van der Waals surface area contributed by atoms with Gasteiger partial charge in [0.15, 0.2) is 0 Å². The zero-order chi connectivity index (χ0) is 18.3. The van der Waals surface area contributed by atoms with Crippen LogP contribution in [-0.2, 0) is 19.6 Å². The number of alkyl carbamates (subject to hydrolysis) is 1. The zero-order valence-electron chi connectivity index (χ0n) is 13.6. The molecule has 2 saturated carbocycles. The third-order valence-electron chi connectivity index (χ3n) is 3.67. The monoisotopic (exact) mass is 398 g/mol. The lowest BCUT2D eigenvalue weighted by Gasteiger charge is -2.23. The molecule has 136 valence electrons. The van der Waals surface area contributed by atoms with Crippen LogP contribution < -0.4 is 10.0 Å². The normalized spacial score (nSPS) is 26.3. The minimum Gasteiger partial charge on any atom is -0.444 e. The highest BCUT2D eigenvalue weighted by molar-refractivity contribution is 7.91. The van der Waals surface area contributed by atoms with Crippen LogP contribution in [0.5, 0.6) is 0 Å². The number of sulfonamides is 1. The van der Waals surface area contributed by atoms with Gasteiger partial charge in [0.05, 0.1) is 5.25 Å². The molecule has 2 rings (SSSR count). The molecule has 0 spiro atoms. The van der Waals surface area contributed by atoms with Gasteiger partial charge in [0, 0.05) is 5.92 Å². The standard InChI is InChI=1S/C14H20Cl2N2O5S/c1-13(2,3)23-12(20)17-14(7-8(14)6-10(15)16)11(19)18-24(21,22)9-4-5-9/h6,8-9H,4-5,7H2,1-3H3,(H,17,20)(H,18,19)/t8-,14-/m1/s1. The predicted molar refractivity (Wildman–Crippen MR) is 90.1 cm³/mol. The fourth-order valence-electron chi connectivity index (χ4n) is 2.27. The highest BCUT2D eigenvalue weighted by atomic mass is 35.5. The second-order valence-corrected chi connectivity index (χ2v) is 10.0. The molecule has 24 heavy (non-hydrogen) atoms. The van der Waals surface area contributed by atoms with Gasteiger partial charge in [-0.3, -0.25) is 9.52 Å². The van der Waals surface area contributed by atoms with Crippen molar-refractivity contribution in [2.75, 3.05) is 0 Å². The average molecular weight is 399 g/mol. The molecule has 7 nitrogen and oxygen atoms in total. The van der Waals surface area contributed by atoms with E-state index in [2.05, 4.69) is 5.32 Å². The van der Waals surface area contributed by atoms with E-state index in [4.69, 9.17) is 27.9 Å². The summed E-state index contributed by atoms with van der Waals surface area (Å²) in [5, 5.41) is 1.91. The smallest absolute Gasteiger partial charge is 0.408 e. The average Bonchev–Trinajstić information content (AvgIpc) is 3.20. The maximum atomic E-state index is 12.5. The van der Waals surface area contributed by atoms with Crippen LogP contribution in [0.1, 0.15) is 40.0 Å². The first kappa shape index (κ1) is 19.3. The minimum absolute atomic E-state index is 0.0642. The van der Waals surface area contributed by atoms with Crippen molar-refractivity contribution >= 4 is 45.2 Å². The van der Waals surface area contributed by atoms with Crippen LogP contribution in [0, 0.1) is 5.92 Å². The van der Waals surface area contributed by atoms with E-state index < -0.39 is 44.3 Å². The van der Waals surface area contributed by atoms with Gasteiger partial charge < -0.3 is 10.1 Å². The molecule has 0 aromatic rings. The number of rotatable bonds is 5. The highest BCUT2D eigenvalue weighted by Crippen LogP contribution is 2.46. The van der Waals surface area contributed by atoms with E-state index in [-0.39, 0.29) is 10.9 Å². The number of hydrogen-bond acceptors (Lipinski definition) is 5. The summed E-state index contributed by atoms with van der Waals surface area (Å²) in [4.78, 5) is 24.5. The van der Waals surface area contributed by atoms with Crippen LogP contribution in [0.2, 0.25) is 0 Å². The summed E-state index contributed by atoms with van der Waals surface area (Å²) in [6.07, 6.45) is 1.80. The van der Waals surface area contributed by atoms with Crippen molar-refractivity contribution < 1.29 is 22.7 Å². The van der Waals surface area contributed by atoms with Gasteiger partial charge in [-0.2, -0.15) is 0 Å². The molecule has 10 heteroatoms. The van der Waals surface area contributed by atoms with Crippen molar-refractivity contribution in [1.29, 1.82) is 0 Å². The number of nitrogens with one attached hydrogen (secondary N) is 2. The number of hydrogen-bond donors (Lipinski definition) is 2. The Labute approximate surface area is 151 Å². The number of ether oxygens (including phenoxy) is 1. The van der Waals surface area contributed by atoms with E-state index in [9.17, 15) is 18.0 Å². The maximum Gasteiger partial charge on any atom is 0.408 e. The van der Waals surface area contributed by atoms with Crippen molar-refractivity contribution in [3.05, 3.63) is 10.6 Å². The molecule has 0 bridgehead atoms. The molecule has 2 atom stereocenters. The Kier molecular flexibility index (Phi) is 5.14. The molecule has 0 aliphatic heterocycles. The molecule has 2 aliphatic carbocycles. The van der Waals surface area contributed by atoms with E-state index in [0.717, 1.165) is 0 Å². The molecule has 2 amide bonds.